The highest BCUT2D eigenvalue weighted by Gasteiger charge is 2.51. The molecule has 72 heavy (non-hydrogen) atoms. The van der Waals surface area contributed by atoms with E-state index in [1.54, 1.807) is 0 Å². The van der Waals surface area contributed by atoms with Gasteiger partial charge in [0, 0.05) is 60.6 Å². The van der Waals surface area contributed by atoms with Crippen LogP contribution in [0.2, 0.25) is 0 Å². The average molecular weight is 956 g/mol. The molecule has 0 N–H and O–H groups in total. The molecule has 4 heterocycles. The molecular formula is C67H66BN3S. The Morgan fingerprint density at radius 1 is 0.500 bits per heavy atom. The van der Waals surface area contributed by atoms with Crippen molar-refractivity contribution in [3.05, 3.63) is 191 Å². The van der Waals surface area contributed by atoms with Crippen LogP contribution < -0.4 is 25.5 Å². The minimum Gasteiger partial charge on any atom is -0.375 e. The Morgan fingerprint density at radius 2 is 1.12 bits per heavy atom. The highest BCUT2D eigenvalue weighted by Crippen LogP contribution is 2.58. The van der Waals surface area contributed by atoms with E-state index in [1.165, 1.54) is 110 Å². The van der Waals surface area contributed by atoms with Gasteiger partial charge < -0.3 is 14.6 Å². The number of para-hydroxylation sites is 2. The first kappa shape index (κ1) is 45.3. The molecule has 0 bridgehead atoms. The number of hydrogen-bond acceptors (Lipinski definition) is 4. The summed E-state index contributed by atoms with van der Waals surface area (Å²) in [4.78, 5) is 7.97. The molecule has 0 unspecified atom stereocenters. The van der Waals surface area contributed by atoms with Crippen LogP contribution in [0.25, 0.3) is 31.3 Å². The predicted octanol–water partition coefficient (Wildman–Crippen LogP) is 17.8. The van der Waals surface area contributed by atoms with E-state index >= 15 is 0 Å². The third-order valence-corrected chi connectivity index (χ3v) is 18.6. The second-order valence-electron chi connectivity index (χ2n) is 25.3. The van der Waals surface area contributed by atoms with E-state index in [4.69, 9.17) is 0 Å². The standard InChI is InChI=1S/C67H66BN3S/c1-63(2,3)41-24-28-43(29-25-41)69(44-30-26-42(27-31-44)64(4,5)6)46-38-50-48-33-34-49-47-18-13-16-23-58(47)72-62(49)60(48)71(45-32-35-51-54(39-45)66(9,10)37-36-65(51,7)8)68-55-21-17-20-53-61(55)70(57(40-46)59(50)68)56-22-15-14-19-52(56)67(53,11)12/h13-35,38-40H,36-37H2,1-12H3. The minimum atomic E-state index is -0.233. The first-order valence-corrected chi connectivity index (χ1v) is 27.2. The van der Waals surface area contributed by atoms with Gasteiger partial charge in [0.25, 0.3) is 0 Å². The maximum Gasteiger partial charge on any atom is 0.333 e. The maximum atomic E-state index is 2.80. The first-order chi connectivity index (χ1) is 34.2. The van der Waals surface area contributed by atoms with Crippen molar-refractivity contribution in [1.29, 1.82) is 0 Å². The number of thiophene rings is 1. The number of nitrogens with zero attached hydrogens (tertiary/aromatic N) is 3. The normalized spacial score (nSPS) is 16.8. The van der Waals surface area contributed by atoms with Crippen molar-refractivity contribution in [2.45, 2.75) is 123 Å². The second kappa shape index (κ2) is 15.2. The third-order valence-electron chi connectivity index (χ3n) is 17.4. The van der Waals surface area contributed by atoms with Crippen molar-refractivity contribution in [1.82, 2.24) is 0 Å². The van der Waals surface area contributed by atoms with Crippen molar-refractivity contribution in [3.63, 3.8) is 0 Å². The quantitative estimate of drug-likeness (QED) is 0.163. The Labute approximate surface area is 432 Å². The van der Waals surface area contributed by atoms with Crippen LogP contribution in [-0.2, 0) is 27.1 Å². The van der Waals surface area contributed by atoms with Crippen LogP contribution in [0.4, 0.5) is 45.5 Å². The lowest BCUT2D eigenvalue weighted by molar-refractivity contribution is 0.332. The lowest BCUT2D eigenvalue weighted by Gasteiger charge is -2.51. The molecule has 0 saturated heterocycles. The summed E-state index contributed by atoms with van der Waals surface area (Å²) < 4.78 is 2.66. The van der Waals surface area contributed by atoms with E-state index in [0.717, 1.165) is 23.5 Å². The van der Waals surface area contributed by atoms with Gasteiger partial charge in [-0.05, 0) is 145 Å². The Balaban J connectivity index is 1.17. The fourth-order valence-electron chi connectivity index (χ4n) is 13.2. The smallest absolute Gasteiger partial charge is 0.333 e. The van der Waals surface area contributed by atoms with Crippen LogP contribution in [0.5, 0.6) is 0 Å². The molecule has 1 aliphatic carbocycles. The second-order valence-corrected chi connectivity index (χ2v) is 26.3. The van der Waals surface area contributed by atoms with Gasteiger partial charge in [-0.1, -0.05) is 180 Å². The SMILES string of the molecule is CC(C)(C)c1ccc(N(c2ccc(C(C)(C)C)cc2)c2cc3c4c(c2)N2c5ccccc5C(C)(C)c5cccc(c52)B4N(c2ccc4c(c2)C(C)(C)CCC4(C)C)c2c-3ccc3c2sc2ccccc23)cc1. The largest absolute Gasteiger partial charge is 0.375 e. The monoisotopic (exact) mass is 956 g/mol. The lowest BCUT2D eigenvalue weighted by Crippen LogP contribution is -2.62. The van der Waals surface area contributed by atoms with Gasteiger partial charge in [-0.3, -0.25) is 0 Å². The molecule has 1 aromatic heterocycles. The molecule has 3 nitrogen and oxygen atoms in total. The molecule has 0 amide bonds. The van der Waals surface area contributed by atoms with E-state index in [1.807, 2.05) is 11.3 Å². The van der Waals surface area contributed by atoms with E-state index in [0.29, 0.717) is 0 Å². The van der Waals surface area contributed by atoms with E-state index < -0.39 is 0 Å². The zero-order valence-corrected chi connectivity index (χ0v) is 45.1. The van der Waals surface area contributed by atoms with Crippen molar-refractivity contribution < 1.29 is 0 Å². The van der Waals surface area contributed by atoms with Crippen molar-refractivity contribution >= 4 is 94.8 Å². The first-order valence-electron chi connectivity index (χ1n) is 26.3. The molecule has 3 aliphatic heterocycles. The van der Waals surface area contributed by atoms with E-state index in [2.05, 4.69) is 255 Å². The van der Waals surface area contributed by atoms with Gasteiger partial charge in [-0.25, -0.2) is 0 Å². The molecule has 8 aromatic carbocycles. The summed E-state index contributed by atoms with van der Waals surface area (Å²) in [5, 5.41) is 2.64. The number of rotatable bonds is 4. The van der Waals surface area contributed by atoms with Crippen molar-refractivity contribution in [3.8, 4) is 11.1 Å². The number of anilines is 8. The van der Waals surface area contributed by atoms with Gasteiger partial charge in [0.15, 0.2) is 0 Å². The molecule has 0 saturated carbocycles. The minimum absolute atomic E-state index is 0.0285. The number of fused-ring (bicyclic) bond motifs is 11. The van der Waals surface area contributed by atoms with E-state index in [-0.39, 0.29) is 33.9 Å². The highest BCUT2D eigenvalue weighted by molar-refractivity contribution is 7.26. The molecular weight excluding hydrogens is 890 g/mol. The molecule has 0 radical (unpaired) electrons. The van der Waals surface area contributed by atoms with Crippen LogP contribution in [0, 0.1) is 0 Å². The molecule has 5 heteroatoms. The zero-order valence-electron chi connectivity index (χ0n) is 44.3. The van der Waals surface area contributed by atoms with E-state index in [9.17, 15) is 0 Å². The molecule has 358 valence electrons. The van der Waals surface area contributed by atoms with Crippen LogP contribution in [0.15, 0.2) is 158 Å². The number of hydrogen-bond donors (Lipinski definition) is 0. The fraction of sp³-hybridized carbons (Fsp3) is 0.284. The average Bonchev–Trinajstić information content (AvgIpc) is 3.74. The Kier molecular flexibility index (Phi) is 9.60. The molecule has 0 atom stereocenters. The molecule has 0 spiro atoms. The van der Waals surface area contributed by atoms with Crippen LogP contribution in [0.1, 0.15) is 129 Å². The van der Waals surface area contributed by atoms with Gasteiger partial charge >= 0.3 is 6.85 Å². The van der Waals surface area contributed by atoms with Crippen molar-refractivity contribution in [2.75, 3.05) is 14.6 Å². The lowest BCUT2D eigenvalue weighted by atomic mass is 9.42. The van der Waals surface area contributed by atoms with Crippen molar-refractivity contribution in [2.24, 2.45) is 0 Å². The Bertz CT molecular complexity index is 3650. The summed E-state index contributed by atoms with van der Waals surface area (Å²) in [5.41, 5.74) is 23.4. The Hall–Kier alpha value is -6.56. The van der Waals surface area contributed by atoms with Gasteiger partial charge in [0.05, 0.1) is 16.1 Å². The fourth-order valence-corrected chi connectivity index (χ4v) is 14.4. The van der Waals surface area contributed by atoms with Gasteiger partial charge in [0.2, 0.25) is 0 Å². The summed E-state index contributed by atoms with van der Waals surface area (Å²) in [6.45, 7) is 28.4. The topological polar surface area (TPSA) is 9.72 Å². The van der Waals surface area contributed by atoms with Gasteiger partial charge in [0.1, 0.15) is 0 Å². The number of benzene rings is 8. The molecule has 0 fully saturated rings. The van der Waals surface area contributed by atoms with Crippen LogP contribution in [-0.4, -0.2) is 6.85 Å². The molecule has 13 rings (SSSR count). The molecule has 4 aliphatic rings. The summed E-state index contributed by atoms with van der Waals surface area (Å²) in [6, 6.07) is 61.7. The zero-order chi connectivity index (χ0) is 50.0. The van der Waals surface area contributed by atoms with Gasteiger partial charge in [-0.15, -0.1) is 11.3 Å². The Morgan fingerprint density at radius 3 is 1.81 bits per heavy atom. The van der Waals surface area contributed by atoms with Crippen LogP contribution >= 0.6 is 11.3 Å². The maximum absolute atomic E-state index is 2.80. The summed E-state index contributed by atoms with van der Waals surface area (Å²) in [5.74, 6) is 0. The highest BCUT2D eigenvalue weighted by atomic mass is 32.1. The molecule has 9 aromatic rings. The predicted molar refractivity (Wildman–Crippen MR) is 313 cm³/mol. The van der Waals surface area contributed by atoms with Gasteiger partial charge in [-0.2, -0.15) is 0 Å². The third kappa shape index (κ3) is 6.54. The summed E-state index contributed by atoms with van der Waals surface area (Å²) in [6.07, 6.45) is 2.35. The summed E-state index contributed by atoms with van der Waals surface area (Å²) in [7, 11) is 0. The van der Waals surface area contributed by atoms with Crippen LogP contribution in [0.3, 0.4) is 0 Å². The summed E-state index contributed by atoms with van der Waals surface area (Å²) >= 11 is 1.95.